The van der Waals surface area contributed by atoms with Crippen LogP contribution in [0.15, 0.2) is 11.6 Å². The number of ketones is 1. The van der Waals surface area contributed by atoms with Gasteiger partial charge in [0.2, 0.25) is 6.29 Å². The SMILES string of the molecule is CC1=CC(=O)CC2CC[C@@H]3[C@@H](CC[C@]4(C)C(C#CC(O)O)CC[C@@H]34)[C@@]12C. The average molecular weight is 357 g/mol. The van der Waals surface area contributed by atoms with Crippen LogP contribution in [0.2, 0.25) is 0 Å². The zero-order valence-corrected chi connectivity index (χ0v) is 16.3. The smallest absolute Gasteiger partial charge is 0.217 e. The molecule has 26 heavy (non-hydrogen) atoms. The molecule has 3 heteroatoms. The van der Waals surface area contributed by atoms with Crippen LogP contribution >= 0.6 is 0 Å². The normalized spacial score (nSPS) is 47.4. The molecule has 0 spiro atoms. The first-order chi connectivity index (χ1) is 12.3. The molecule has 0 aromatic carbocycles. The molecule has 0 radical (unpaired) electrons. The van der Waals surface area contributed by atoms with Gasteiger partial charge in [-0.25, -0.2) is 0 Å². The van der Waals surface area contributed by atoms with Gasteiger partial charge in [0.05, 0.1) is 0 Å². The molecule has 4 aliphatic rings. The van der Waals surface area contributed by atoms with E-state index >= 15 is 0 Å². The van der Waals surface area contributed by atoms with Crippen molar-refractivity contribution in [2.45, 2.75) is 72.0 Å². The maximum absolute atomic E-state index is 12.1. The van der Waals surface area contributed by atoms with Crippen LogP contribution in [0.1, 0.15) is 65.7 Å². The molecule has 3 fully saturated rings. The standard InChI is InChI=1S/C23H32O3/c1-14-12-17(24)13-16-4-7-18-19-8-5-15(6-9-21(25)26)22(19,2)11-10-20(18)23(14,16)3/h12,15-16,18-21,25-26H,4-5,7-8,10-11,13H2,1-3H3/t15?,16?,18-,19-,20+,22+,23-/m0/s1. The molecule has 0 amide bonds. The van der Waals surface area contributed by atoms with Crippen molar-refractivity contribution < 1.29 is 15.0 Å². The highest BCUT2D eigenvalue weighted by molar-refractivity contribution is 5.91. The van der Waals surface area contributed by atoms with Crippen LogP contribution in [0.5, 0.6) is 0 Å². The predicted molar refractivity (Wildman–Crippen MR) is 101 cm³/mol. The first kappa shape index (κ1) is 18.3. The van der Waals surface area contributed by atoms with Crippen LogP contribution in [0, 0.1) is 52.3 Å². The molecular weight excluding hydrogens is 324 g/mol. The number of aliphatic hydroxyl groups is 2. The number of fused-ring (bicyclic) bond motifs is 5. The Hall–Kier alpha value is -1.11. The molecule has 2 N–H and O–H groups in total. The Morgan fingerprint density at radius 1 is 1.12 bits per heavy atom. The van der Waals surface area contributed by atoms with E-state index in [4.69, 9.17) is 10.2 Å². The molecule has 0 aliphatic heterocycles. The van der Waals surface area contributed by atoms with Gasteiger partial charge in [-0.1, -0.05) is 25.3 Å². The van der Waals surface area contributed by atoms with Crippen LogP contribution in [0.25, 0.3) is 0 Å². The Morgan fingerprint density at radius 3 is 2.62 bits per heavy atom. The Labute approximate surface area is 157 Å². The van der Waals surface area contributed by atoms with Gasteiger partial charge in [-0.2, -0.15) is 0 Å². The average Bonchev–Trinajstić information content (AvgIpc) is 2.91. The summed E-state index contributed by atoms with van der Waals surface area (Å²) in [7, 11) is 0. The van der Waals surface area contributed by atoms with Gasteiger partial charge in [0, 0.05) is 12.3 Å². The first-order valence-electron chi connectivity index (χ1n) is 10.4. The van der Waals surface area contributed by atoms with Crippen LogP contribution in [-0.4, -0.2) is 22.3 Å². The van der Waals surface area contributed by atoms with Crippen molar-refractivity contribution in [1.29, 1.82) is 0 Å². The zero-order valence-electron chi connectivity index (χ0n) is 16.3. The summed E-state index contributed by atoms with van der Waals surface area (Å²) in [6.45, 7) is 7.01. The van der Waals surface area contributed by atoms with Crippen molar-refractivity contribution in [2.24, 2.45) is 40.4 Å². The molecule has 7 atom stereocenters. The molecule has 142 valence electrons. The molecule has 3 nitrogen and oxygen atoms in total. The largest absolute Gasteiger partial charge is 0.358 e. The number of carbonyl (C=O) groups is 1. The van der Waals surface area contributed by atoms with E-state index in [1.165, 1.54) is 37.7 Å². The minimum atomic E-state index is -1.52. The molecule has 4 rings (SSSR count). The van der Waals surface area contributed by atoms with Gasteiger partial charge in [-0.3, -0.25) is 4.79 Å². The summed E-state index contributed by atoms with van der Waals surface area (Å²) in [5.74, 6) is 8.99. The highest BCUT2D eigenvalue weighted by Crippen LogP contribution is 2.67. The van der Waals surface area contributed by atoms with E-state index < -0.39 is 6.29 Å². The number of allylic oxidation sites excluding steroid dienone is 2. The van der Waals surface area contributed by atoms with E-state index in [1.807, 2.05) is 6.08 Å². The van der Waals surface area contributed by atoms with E-state index in [0.717, 1.165) is 18.8 Å². The number of aliphatic hydroxyl groups excluding tert-OH is 1. The van der Waals surface area contributed by atoms with Crippen LogP contribution in [-0.2, 0) is 4.79 Å². The Bertz CT molecular complexity index is 696. The zero-order chi connectivity index (χ0) is 18.7. The van der Waals surface area contributed by atoms with Gasteiger partial charge in [-0.05, 0) is 91.9 Å². The summed E-state index contributed by atoms with van der Waals surface area (Å²) in [4.78, 5) is 12.1. The topological polar surface area (TPSA) is 57.5 Å². The lowest BCUT2D eigenvalue weighted by molar-refractivity contribution is -0.123. The van der Waals surface area contributed by atoms with Gasteiger partial charge in [0.1, 0.15) is 0 Å². The minimum Gasteiger partial charge on any atom is -0.358 e. The molecule has 0 aromatic rings. The van der Waals surface area contributed by atoms with E-state index in [1.54, 1.807) is 0 Å². The maximum Gasteiger partial charge on any atom is 0.217 e. The molecule has 3 saturated carbocycles. The molecule has 4 aliphatic carbocycles. The summed E-state index contributed by atoms with van der Waals surface area (Å²) >= 11 is 0. The number of hydrogen-bond acceptors (Lipinski definition) is 3. The molecule has 0 saturated heterocycles. The van der Waals surface area contributed by atoms with Gasteiger partial charge in [0.15, 0.2) is 5.78 Å². The monoisotopic (exact) mass is 356 g/mol. The van der Waals surface area contributed by atoms with E-state index in [-0.39, 0.29) is 16.7 Å². The minimum absolute atomic E-state index is 0.184. The van der Waals surface area contributed by atoms with Gasteiger partial charge < -0.3 is 10.2 Å². The van der Waals surface area contributed by atoms with E-state index in [9.17, 15) is 4.79 Å². The van der Waals surface area contributed by atoms with E-state index in [2.05, 4.69) is 32.6 Å². The Balaban J connectivity index is 1.64. The highest BCUT2D eigenvalue weighted by atomic mass is 16.5. The third-order valence-electron chi connectivity index (χ3n) is 8.97. The highest BCUT2D eigenvalue weighted by Gasteiger charge is 2.60. The van der Waals surface area contributed by atoms with Gasteiger partial charge in [0.25, 0.3) is 0 Å². The Morgan fingerprint density at radius 2 is 1.88 bits per heavy atom. The second-order valence-corrected chi connectivity index (χ2v) is 9.77. The summed E-state index contributed by atoms with van der Waals surface area (Å²) in [5, 5.41) is 18.3. The lowest BCUT2D eigenvalue weighted by atomic mass is 9.44. The molecule has 2 unspecified atom stereocenters. The van der Waals surface area contributed by atoms with Crippen molar-refractivity contribution in [2.75, 3.05) is 0 Å². The summed E-state index contributed by atoms with van der Waals surface area (Å²) in [6, 6.07) is 0. The first-order valence-corrected chi connectivity index (χ1v) is 10.4. The third-order valence-corrected chi connectivity index (χ3v) is 8.97. The summed E-state index contributed by atoms with van der Waals surface area (Å²) < 4.78 is 0. The third kappa shape index (κ3) is 2.53. The predicted octanol–water partition coefficient (Wildman–Crippen LogP) is 3.69. The molecular formula is C23H32O3. The summed E-state index contributed by atoms with van der Waals surface area (Å²) in [6.07, 6.45) is 8.24. The lowest BCUT2D eigenvalue weighted by Gasteiger charge is -2.60. The second-order valence-electron chi connectivity index (χ2n) is 9.77. The number of carbonyl (C=O) groups excluding carboxylic acids is 1. The van der Waals surface area contributed by atoms with Crippen molar-refractivity contribution in [3.8, 4) is 11.8 Å². The fraction of sp³-hybridized carbons (Fsp3) is 0.783. The molecule has 0 heterocycles. The lowest BCUT2D eigenvalue weighted by Crippen LogP contribution is -2.53. The quantitative estimate of drug-likeness (QED) is 0.514. The van der Waals surface area contributed by atoms with Crippen molar-refractivity contribution in [3.05, 3.63) is 11.6 Å². The fourth-order valence-corrected chi connectivity index (χ4v) is 7.47. The number of rotatable bonds is 0. The molecule has 0 aromatic heterocycles. The molecule has 0 bridgehead atoms. The van der Waals surface area contributed by atoms with Crippen molar-refractivity contribution in [1.82, 2.24) is 0 Å². The van der Waals surface area contributed by atoms with Gasteiger partial charge >= 0.3 is 0 Å². The van der Waals surface area contributed by atoms with Crippen molar-refractivity contribution in [3.63, 3.8) is 0 Å². The van der Waals surface area contributed by atoms with Crippen LogP contribution in [0.4, 0.5) is 0 Å². The van der Waals surface area contributed by atoms with Gasteiger partial charge in [-0.15, -0.1) is 0 Å². The summed E-state index contributed by atoms with van der Waals surface area (Å²) in [5.41, 5.74) is 1.70. The van der Waals surface area contributed by atoms with E-state index in [0.29, 0.717) is 23.5 Å². The second kappa shape index (κ2) is 6.21. The Kier molecular flexibility index (Phi) is 4.36. The fourth-order valence-electron chi connectivity index (χ4n) is 7.47. The van der Waals surface area contributed by atoms with Crippen LogP contribution < -0.4 is 0 Å². The number of hydrogen-bond donors (Lipinski definition) is 2. The van der Waals surface area contributed by atoms with Crippen molar-refractivity contribution >= 4 is 5.78 Å². The van der Waals surface area contributed by atoms with Crippen LogP contribution in [0.3, 0.4) is 0 Å². The maximum atomic E-state index is 12.1.